The molecule has 0 aliphatic rings. The summed E-state index contributed by atoms with van der Waals surface area (Å²) in [7, 11) is 1.61. The van der Waals surface area contributed by atoms with Crippen LogP contribution in [0.15, 0.2) is 0 Å². The van der Waals surface area contributed by atoms with E-state index in [1.807, 2.05) is 0 Å². The van der Waals surface area contributed by atoms with Gasteiger partial charge in [0.05, 0.1) is 12.9 Å². The maximum Gasteiger partial charge on any atom is 0.329 e. The van der Waals surface area contributed by atoms with E-state index in [9.17, 15) is 13.8 Å². The van der Waals surface area contributed by atoms with E-state index in [4.69, 9.17) is 4.74 Å². The third-order valence-electron chi connectivity index (χ3n) is 1.94. The van der Waals surface area contributed by atoms with Gasteiger partial charge in [0.1, 0.15) is 6.04 Å². The van der Waals surface area contributed by atoms with Crippen LogP contribution in [0.3, 0.4) is 0 Å². The summed E-state index contributed by atoms with van der Waals surface area (Å²) in [5.41, 5.74) is 0. The Morgan fingerprint density at radius 1 is 1.35 bits per heavy atom. The van der Waals surface area contributed by atoms with Crippen LogP contribution < -0.4 is 5.32 Å². The molecule has 0 aromatic rings. The molecule has 1 N–H and O–H groups in total. The number of ether oxygens (including phenoxy) is 2. The fraction of sp³-hybridized carbons (Fsp3) is 0.800. The van der Waals surface area contributed by atoms with Gasteiger partial charge in [0.25, 0.3) is 0 Å². The number of hydrogen-bond acceptors (Lipinski definition) is 5. The normalized spacial score (nSPS) is 13.8. The second kappa shape index (κ2) is 9.12. The van der Waals surface area contributed by atoms with Crippen molar-refractivity contribution < 1.29 is 23.3 Å². The molecule has 0 aromatic carbocycles. The second-order valence-electron chi connectivity index (χ2n) is 3.43. The molecule has 2 unspecified atom stereocenters. The molecule has 7 heteroatoms. The van der Waals surface area contributed by atoms with Crippen molar-refractivity contribution in [1.82, 2.24) is 5.32 Å². The third-order valence-corrected chi connectivity index (χ3v) is 3.39. The van der Waals surface area contributed by atoms with Gasteiger partial charge in [0.2, 0.25) is 5.91 Å². The van der Waals surface area contributed by atoms with Crippen molar-refractivity contribution in [2.45, 2.75) is 19.4 Å². The van der Waals surface area contributed by atoms with Gasteiger partial charge in [-0.25, -0.2) is 4.79 Å². The molecule has 0 heterocycles. The molecule has 0 fully saturated rings. The van der Waals surface area contributed by atoms with Gasteiger partial charge in [-0.2, -0.15) is 0 Å². The van der Waals surface area contributed by atoms with Gasteiger partial charge in [0.15, 0.2) is 0 Å². The summed E-state index contributed by atoms with van der Waals surface area (Å²) in [5.74, 6) is -0.439. The van der Waals surface area contributed by atoms with E-state index in [0.717, 1.165) is 0 Å². The molecule has 1 amide bonds. The van der Waals surface area contributed by atoms with Crippen LogP contribution in [0.4, 0.5) is 0 Å². The number of carbonyl (C=O) groups is 2. The number of amides is 1. The molecule has 0 bridgehead atoms. The Morgan fingerprint density at radius 3 is 2.47 bits per heavy atom. The molecule has 0 aromatic heterocycles. The lowest BCUT2D eigenvalue weighted by atomic mass is 10.3. The SMILES string of the molecule is COCCCS(=O)CC(NC(C)=O)C(=O)OC. The average Bonchev–Trinajstić information content (AvgIpc) is 2.27. The maximum atomic E-state index is 11.6. The standard InChI is InChI=1S/C10H19NO5S/c1-8(12)11-9(10(13)16-3)7-17(14)6-4-5-15-2/h9H,4-7H2,1-3H3,(H,11,12). The van der Waals surface area contributed by atoms with Crippen molar-refractivity contribution >= 4 is 22.7 Å². The molecule has 100 valence electrons. The van der Waals surface area contributed by atoms with E-state index in [2.05, 4.69) is 10.1 Å². The number of nitrogens with one attached hydrogen (secondary N) is 1. The highest BCUT2D eigenvalue weighted by Gasteiger charge is 2.22. The molecule has 17 heavy (non-hydrogen) atoms. The Morgan fingerprint density at radius 2 is 2.00 bits per heavy atom. The Hall–Kier alpha value is -0.950. The minimum atomic E-state index is -1.19. The first-order valence-corrected chi connectivity index (χ1v) is 6.69. The van der Waals surface area contributed by atoms with Gasteiger partial charge < -0.3 is 14.8 Å². The van der Waals surface area contributed by atoms with E-state index in [-0.39, 0.29) is 11.7 Å². The monoisotopic (exact) mass is 265 g/mol. The van der Waals surface area contributed by atoms with Crippen LogP contribution in [0.5, 0.6) is 0 Å². The molecule has 0 saturated carbocycles. The predicted molar refractivity (Wildman–Crippen MR) is 64.0 cm³/mol. The van der Waals surface area contributed by atoms with Crippen LogP contribution in [-0.2, 0) is 29.9 Å². The predicted octanol–water partition coefficient (Wildman–Crippen LogP) is -0.551. The molecule has 0 saturated heterocycles. The third kappa shape index (κ3) is 7.87. The number of rotatable bonds is 8. The molecule has 0 rings (SSSR count). The summed E-state index contributed by atoms with van der Waals surface area (Å²) in [6.45, 7) is 1.82. The summed E-state index contributed by atoms with van der Waals surface area (Å²) in [6.07, 6.45) is 0.650. The van der Waals surface area contributed by atoms with Gasteiger partial charge in [-0.15, -0.1) is 0 Å². The first-order chi connectivity index (χ1) is 8.01. The number of esters is 1. The van der Waals surface area contributed by atoms with Crippen LogP contribution in [0.1, 0.15) is 13.3 Å². The first-order valence-electron chi connectivity index (χ1n) is 5.20. The first kappa shape index (κ1) is 16.1. The van der Waals surface area contributed by atoms with Crippen molar-refractivity contribution in [2.75, 3.05) is 32.3 Å². The molecule has 0 radical (unpaired) electrons. The summed E-state index contributed by atoms with van der Waals surface area (Å²) in [5, 5.41) is 2.41. The molecule has 2 atom stereocenters. The van der Waals surface area contributed by atoms with E-state index >= 15 is 0 Å². The minimum absolute atomic E-state index is 0.0654. The minimum Gasteiger partial charge on any atom is -0.467 e. The van der Waals surface area contributed by atoms with E-state index < -0.39 is 22.8 Å². The summed E-state index contributed by atoms with van der Waals surface area (Å²) in [6, 6.07) is -0.846. The van der Waals surface area contributed by atoms with Gasteiger partial charge in [-0.3, -0.25) is 9.00 Å². The number of carbonyl (C=O) groups excluding carboxylic acids is 2. The molecule has 6 nitrogen and oxygen atoms in total. The zero-order valence-corrected chi connectivity index (χ0v) is 11.2. The summed E-state index contributed by atoms with van der Waals surface area (Å²) >= 11 is 0. The summed E-state index contributed by atoms with van der Waals surface area (Å²) < 4.78 is 21.0. The lowest BCUT2D eigenvalue weighted by Gasteiger charge is -2.14. The van der Waals surface area contributed by atoms with E-state index in [1.54, 1.807) is 7.11 Å². The van der Waals surface area contributed by atoms with Gasteiger partial charge in [0, 0.05) is 37.2 Å². The Kier molecular flexibility index (Phi) is 8.61. The van der Waals surface area contributed by atoms with Crippen LogP contribution in [0, 0.1) is 0 Å². The topological polar surface area (TPSA) is 81.7 Å². The van der Waals surface area contributed by atoms with Crippen molar-refractivity contribution in [3.63, 3.8) is 0 Å². The van der Waals surface area contributed by atoms with Crippen LogP contribution >= 0.6 is 0 Å². The lowest BCUT2D eigenvalue weighted by Crippen LogP contribution is -2.44. The van der Waals surface area contributed by atoms with Crippen molar-refractivity contribution in [2.24, 2.45) is 0 Å². The quantitative estimate of drug-likeness (QED) is 0.470. The van der Waals surface area contributed by atoms with Crippen LogP contribution in [0.2, 0.25) is 0 Å². The maximum absolute atomic E-state index is 11.6. The van der Waals surface area contributed by atoms with Crippen LogP contribution in [0.25, 0.3) is 0 Å². The number of methoxy groups -OCH3 is 2. The van der Waals surface area contributed by atoms with Crippen molar-refractivity contribution in [1.29, 1.82) is 0 Å². The summed E-state index contributed by atoms with van der Waals surface area (Å²) in [4.78, 5) is 22.2. The zero-order valence-electron chi connectivity index (χ0n) is 10.4. The average molecular weight is 265 g/mol. The van der Waals surface area contributed by atoms with Crippen molar-refractivity contribution in [3.05, 3.63) is 0 Å². The van der Waals surface area contributed by atoms with Gasteiger partial charge in [-0.1, -0.05) is 0 Å². The molecule has 0 aliphatic heterocycles. The molecular weight excluding hydrogens is 246 g/mol. The van der Waals surface area contributed by atoms with Gasteiger partial charge in [-0.05, 0) is 6.42 Å². The van der Waals surface area contributed by atoms with Crippen molar-refractivity contribution in [3.8, 4) is 0 Å². The van der Waals surface area contributed by atoms with Gasteiger partial charge >= 0.3 is 5.97 Å². The smallest absolute Gasteiger partial charge is 0.329 e. The highest BCUT2D eigenvalue weighted by molar-refractivity contribution is 7.85. The second-order valence-corrected chi connectivity index (χ2v) is 5.05. The Bertz CT molecular complexity index is 282. The van der Waals surface area contributed by atoms with E-state index in [1.165, 1.54) is 14.0 Å². The Balaban J connectivity index is 4.18. The highest BCUT2D eigenvalue weighted by Crippen LogP contribution is 1.96. The zero-order chi connectivity index (χ0) is 13.3. The Labute approximate surface area is 103 Å². The molecule has 0 aliphatic carbocycles. The molecular formula is C10H19NO5S. The highest BCUT2D eigenvalue weighted by atomic mass is 32.2. The van der Waals surface area contributed by atoms with E-state index in [0.29, 0.717) is 18.8 Å². The lowest BCUT2D eigenvalue weighted by molar-refractivity contribution is -0.144. The fourth-order valence-electron chi connectivity index (χ4n) is 1.19. The largest absolute Gasteiger partial charge is 0.467 e. The van der Waals surface area contributed by atoms with Crippen LogP contribution in [-0.4, -0.2) is 54.5 Å². The fourth-order valence-corrected chi connectivity index (χ4v) is 2.39. The number of hydrogen-bond donors (Lipinski definition) is 1. The molecule has 0 spiro atoms.